The summed E-state index contributed by atoms with van der Waals surface area (Å²) >= 11 is 0. The van der Waals surface area contributed by atoms with Crippen molar-refractivity contribution in [1.82, 2.24) is 20.6 Å². The first kappa shape index (κ1) is 16.9. The Balaban J connectivity index is 1.12. The maximum atomic E-state index is 11.9. The Kier molecular flexibility index (Phi) is 4.40. The summed E-state index contributed by atoms with van der Waals surface area (Å²) in [6.07, 6.45) is 12.9. The molecule has 3 N–H and O–H groups in total. The Bertz CT molecular complexity index is 688. The SMILES string of the molecule is O=c1cc(C2CC(NC3CCC4(CCNCC4)CC3)C2)nc(C2CC2)[nH]1. The van der Waals surface area contributed by atoms with Gasteiger partial charge in [0.1, 0.15) is 5.82 Å². The van der Waals surface area contributed by atoms with E-state index < -0.39 is 0 Å². The minimum absolute atomic E-state index is 0.0351. The minimum Gasteiger partial charge on any atom is -0.317 e. The van der Waals surface area contributed by atoms with Crippen LogP contribution in [0.2, 0.25) is 0 Å². The van der Waals surface area contributed by atoms with Crippen LogP contribution in [0.25, 0.3) is 0 Å². The van der Waals surface area contributed by atoms with Gasteiger partial charge in [0.2, 0.25) is 0 Å². The Morgan fingerprint density at radius 1 is 0.962 bits per heavy atom. The van der Waals surface area contributed by atoms with Crippen molar-refractivity contribution < 1.29 is 0 Å². The molecule has 0 unspecified atom stereocenters. The van der Waals surface area contributed by atoms with Crippen molar-refractivity contribution in [2.75, 3.05) is 13.1 Å². The average molecular weight is 357 g/mol. The zero-order valence-electron chi connectivity index (χ0n) is 15.7. The largest absolute Gasteiger partial charge is 0.317 e. The van der Waals surface area contributed by atoms with Gasteiger partial charge in [-0.2, -0.15) is 0 Å². The molecule has 1 saturated heterocycles. The number of rotatable bonds is 4. The molecular formula is C21H32N4O. The molecule has 5 rings (SSSR count). The van der Waals surface area contributed by atoms with Crippen LogP contribution in [0.4, 0.5) is 0 Å². The van der Waals surface area contributed by atoms with E-state index in [2.05, 4.69) is 15.6 Å². The first-order valence-electron chi connectivity index (χ1n) is 10.8. The van der Waals surface area contributed by atoms with Crippen LogP contribution in [0.1, 0.15) is 87.6 Å². The summed E-state index contributed by atoms with van der Waals surface area (Å²) in [4.78, 5) is 19.6. The molecule has 1 aliphatic heterocycles. The van der Waals surface area contributed by atoms with Gasteiger partial charge in [0.15, 0.2) is 0 Å². The van der Waals surface area contributed by atoms with E-state index in [-0.39, 0.29) is 5.56 Å². The predicted octanol–water partition coefficient (Wildman–Crippen LogP) is 2.80. The highest BCUT2D eigenvalue weighted by Crippen LogP contribution is 2.44. The molecule has 5 heteroatoms. The molecule has 4 aliphatic rings. The second-order valence-electron chi connectivity index (χ2n) is 9.39. The van der Waals surface area contributed by atoms with Gasteiger partial charge in [0.25, 0.3) is 5.56 Å². The topological polar surface area (TPSA) is 69.8 Å². The van der Waals surface area contributed by atoms with Gasteiger partial charge in [-0.3, -0.25) is 4.79 Å². The first-order chi connectivity index (χ1) is 12.7. The third kappa shape index (κ3) is 3.48. The maximum Gasteiger partial charge on any atom is 0.251 e. The number of hydrogen-bond donors (Lipinski definition) is 3. The first-order valence-corrected chi connectivity index (χ1v) is 10.8. The monoisotopic (exact) mass is 356 g/mol. The van der Waals surface area contributed by atoms with Gasteiger partial charge in [0.05, 0.1) is 5.69 Å². The number of piperidine rings is 1. The summed E-state index contributed by atoms with van der Waals surface area (Å²) in [6, 6.07) is 3.06. The van der Waals surface area contributed by atoms with Crippen molar-refractivity contribution in [2.24, 2.45) is 5.41 Å². The van der Waals surface area contributed by atoms with E-state index >= 15 is 0 Å². The molecule has 142 valence electrons. The van der Waals surface area contributed by atoms with E-state index in [9.17, 15) is 4.79 Å². The quantitative estimate of drug-likeness (QED) is 0.776. The number of aromatic nitrogens is 2. The van der Waals surface area contributed by atoms with Gasteiger partial charge < -0.3 is 15.6 Å². The zero-order valence-corrected chi connectivity index (χ0v) is 15.7. The molecule has 1 spiro atoms. The smallest absolute Gasteiger partial charge is 0.251 e. The Morgan fingerprint density at radius 3 is 2.38 bits per heavy atom. The van der Waals surface area contributed by atoms with E-state index in [4.69, 9.17) is 4.98 Å². The Hall–Kier alpha value is -1.20. The van der Waals surface area contributed by atoms with Crippen molar-refractivity contribution in [2.45, 2.75) is 88.1 Å². The molecule has 2 heterocycles. The van der Waals surface area contributed by atoms with Crippen LogP contribution >= 0.6 is 0 Å². The molecule has 0 bridgehead atoms. The molecular weight excluding hydrogens is 324 g/mol. The van der Waals surface area contributed by atoms with Gasteiger partial charge in [-0.1, -0.05) is 0 Å². The molecule has 0 radical (unpaired) electrons. The van der Waals surface area contributed by atoms with Gasteiger partial charge in [-0.15, -0.1) is 0 Å². The van der Waals surface area contributed by atoms with Crippen molar-refractivity contribution in [1.29, 1.82) is 0 Å². The zero-order chi connectivity index (χ0) is 17.6. The van der Waals surface area contributed by atoms with Crippen molar-refractivity contribution in [3.05, 3.63) is 27.9 Å². The molecule has 5 nitrogen and oxygen atoms in total. The number of hydrogen-bond acceptors (Lipinski definition) is 4. The second-order valence-corrected chi connectivity index (χ2v) is 9.39. The third-order valence-electron chi connectivity index (χ3n) is 7.48. The van der Waals surface area contributed by atoms with Crippen LogP contribution in [0, 0.1) is 5.41 Å². The van der Waals surface area contributed by atoms with Crippen LogP contribution < -0.4 is 16.2 Å². The van der Waals surface area contributed by atoms with E-state index in [1.54, 1.807) is 6.07 Å². The van der Waals surface area contributed by atoms with Gasteiger partial charge >= 0.3 is 0 Å². The molecule has 0 amide bonds. The van der Waals surface area contributed by atoms with Gasteiger partial charge in [-0.25, -0.2) is 4.98 Å². The summed E-state index contributed by atoms with van der Waals surface area (Å²) < 4.78 is 0. The lowest BCUT2D eigenvalue weighted by Gasteiger charge is -2.45. The lowest BCUT2D eigenvalue weighted by Crippen LogP contribution is -2.49. The normalized spacial score (nSPS) is 31.7. The van der Waals surface area contributed by atoms with Gasteiger partial charge in [-0.05, 0) is 82.7 Å². The summed E-state index contributed by atoms with van der Waals surface area (Å²) in [5, 5.41) is 7.42. The number of aromatic amines is 1. The highest BCUT2D eigenvalue weighted by molar-refractivity contribution is 5.17. The van der Waals surface area contributed by atoms with Crippen LogP contribution in [-0.4, -0.2) is 35.1 Å². The van der Waals surface area contributed by atoms with E-state index in [1.165, 1.54) is 64.5 Å². The Labute approximate surface area is 155 Å². The third-order valence-corrected chi connectivity index (χ3v) is 7.48. The van der Waals surface area contributed by atoms with Gasteiger partial charge in [0, 0.05) is 30.0 Å². The highest BCUT2D eigenvalue weighted by Gasteiger charge is 2.39. The van der Waals surface area contributed by atoms with Crippen LogP contribution in [0.3, 0.4) is 0 Å². The summed E-state index contributed by atoms with van der Waals surface area (Å²) in [5.74, 6) is 1.93. The lowest BCUT2D eigenvalue weighted by molar-refractivity contribution is 0.105. The molecule has 26 heavy (non-hydrogen) atoms. The lowest BCUT2D eigenvalue weighted by atomic mass is 9.67. The predicted molar refractivity (Wildman–Crippen MR) is 103 cm³/mol. The molecule has 3 saturated carbocycles. The van der Waals surface area contributed by atoms with Crippen LogP contribution in [0.15, 0.2) is 10.9 Å². The van der Waals surface area contributed by atoms with E-state index in [0.717, 1.165) is 24.4 Å². The Morgan fingerprint density at radius 2 is 1.69 bits per heavy atom. The molecule has 0 aromatic carbocycles. The van der Waals surface area contributed by atoms with Crippen molar-refractivity contribution in [3.63, 3.8) is 0 Å². The summed E-state index contributed by atoms with van der Waals surface area (Å²) in [6.45, 7) is 2.43. The van der Waals surface area contributed by atoms with E-state index in [0.29, 0.717) is 29.3 Å². The fourth-order valence-corrected chi connectivity index (χ4v) is 5.44. The fraction of sp³-hybridized carbons (Fsp3) is 0.810. The second kappa shape index (κ2) is 6.75. The van der Waals surface area contributed by atoms with E-state index in [1.807, 2.05) is 0 Å². The highest BCUT2D eigenvalue weighted by atomic mass is 16.1. The molecule has 4 fully saturated rings. The minimum atomic E-state index is 0.0351. The maximum absolute atomic E-state index is 11.9. The van der Waals surface area contributed by atoms with Crippen LogP contribution in [-0.2, 0) is 0 Å². The number of nitrogens with one attached hydrogen (secondary N) is 3. The van der Waals surface area contributed by atoms with Crippen molar-refractivity contribution in [3.8, 4) is 0 Å². The molecule has 1 aromatic rings. The average Bonchev–Trinajstić information content (AvgIpc) is 3.45. The molecule has 0 atom stereocenters. The molecule has 1 aromatic heterocycles. The summed E-state index contributed by atoms with van der Waals surface area (Å²) in [5.41, 5.74) is 1.72. The van der Waals surface area contributed by atoms with Crippen LogP contribution in [0.5, 0.6) is 0 Å². The number of nitrogens with zero attached hydrogens (tertiary/aromatic N) is 1. The molecule has 3 aliphatic carbocycles. The summed E-state index contributed by atoms with van der Waals surface area (Å²) in [7, 11) is 0. The number of H-pyrrole nitrogens is 1. The van der Waals surface area contributed by atoms with Crippen molar-refractivity contribution >= 4 is 0 Å². The fourth-order valence-electron chi connectivity index (χ4n) is 5.44. The standard InChI is InChI=1S/C21H32N4O/c26-19-13-18(24-20(25-19)14-1-2-14)15-11-17(12-15)23-16-3-5-21(6-4-16)7-9-22-10-8-21/h13-17,22-23H,1-12H2,(H,24,25,26).